The summed E-state index contributed by atoms with van der Waals surface area (Å²) >= 11 is 6.27. The van der Waals surface area contributed by atoms with Crippen LogP contribution in [0.5, 0.6) is 5.75 Å². The summed E-state index contributed by atoms with van der Waals surface area (Å²) in [6.07, 6.45) is 0.728. The number of imide groups is 1. The van der Waals surface area contributed by atoms with Crippen LogP contribution >= 0.6 is 11.6 Å². The van der Waals surface area contributed by atoms with Gasteiger partial charge < -0.3 is 20.2 Å². The lowest BCUT2D eigenvalue weighted by Gasteiger charge is -2.22. The summed E-state index contributed by atoms with van der Waals surface area (Å²) < 4.78 is 10.6. The van der Waals surface area contributed by atoms with Gasteiger partial charge in [-0.1, -0.05) is 48.4 Å². The van der Waals surface area contributed by atoms with E-state index in [0.717, 1.165) is 22.4 Å². The Labute approximate surface area is 216 Å². The van der Waals surface area contributed by atoms with Gasteiger partial charge in [-0.2, -0.15) is 0 Å². The zero-order chi connectivity index (χ0) is 26.5. The summed E-state index contributed by atoms with van der Waals surface area (Å²) in [6.45, 7) is 7.87. The number of rotatable bonds is 12. The van der Waals surface area contributed by atoms with Crippen LogP contribution in [0.25, 0.3) is 0 Å². The molecule has 11 heteroatoms. The van der Waals surface area contributed by atoms with Crippen LogP contribution in [0.15, 0.2) is 42.5 Å². The molecule has 0 heterocycles. The first-order valence-electron chi connectivity index (χ1n) is 11.8. The molecule has 196 valence electrons. The molecule has 0 aromatic heterocycles. The molecule has 0 aliphatic heterocycles. The summed E-state index contributed by atoms with van der Waals surface area (Å²) in [7, 11) is 0. The SMILES string of the molecule is CCOC(=O)CCN(C(=O)NCc1ccc(C)cc1)C(=O)NNNc1ccc(O[C@H](C)CC)c(Cl)c1. The first kappa shape index (κ1) is 28.7. The number of esters is 1. The van der Waals surface area contributed by atoms with Crippen molar-refractivity contribution < 1.29 is 23.9 Å². The Morgan fingerprint density at radius 2 is 1.78 bits per heavy atom. The summed E-state index contributed by atoms with van der Waals surface area (Å²) in [6, 6.07) is 11.3. The highest BCUT2D eigenvalue weighted by Crippen LogP contribution is 2.28. The Kier molecular flexibility index (Phi) is 11.8. The van der Waals surface area contributed by atoms with Crippen LogP contribution in [0.3, 0.4) is 0 Å². The molecule has 0 fully saturated rings. The molecule has 2 aromatic carbocycles. The van der Waals surface area contributed by atoms with Gasteiger partial charge in [0.25, 0.3) is 0 Å². The highest BCUT2D eigenvalue weighted by molar-refractivity contribution is 6.32. The predicted molar refractivity (Wildman–Crippen MR) is 138 cm³/mol. The maximum absolute atomic E-state index is 12.7. The fourth-order valence-electron chi connectivity index (χ4n) is 2.91. The minimum atomic E-state index is -0.768. The van der Waals surface area contributed by atoms with Crippen LogP contribution in [-0.4, -0.2) is 42.2 Å². The standard InChI is InChI=1S/C25H34ClN5O5/c1-5-18(4)36-22-12-11-20(15-21(22)26)28-30-29-25(34)31(14-13-23(32)35-6-2)24(33)27-16-19-9-7-17(3)8-10-19/h7-12,15,18,28,30H,5-6,13-14,16H2,1-4H3,(H,27,33)(H,29,34)/t18-/m1/s1. The monoisotopic (exact) mass is 519 g/mol. The van der Waals surface area contributed by atoms with E-state index in [1.165, 1.54) is 0 Å². The molecule has 1 atom stereocenters. The van der Waals surface area contributed by atoms with Crippen molar-refractivity contribution in [2.45, 2.75) is 53.2 Å². The molecule has 0 unspecified atom stereocenters. The molecule has 0 aliphatic carbocycles. The van der Waals surface area contributed by atoms with Crippen molar-refractivity contribution in [3.8, 4) is 5.75 Å². The van der Waals surface area contributed by atoms with Crippen LogP contribution in [0.2, 0.25) is 5.02 Å². The first-order valence-corrected chi connectivity index (χ1v) is 12.1. The number of carbonyl (C=O) groups excluding carboxylic acids is 3. The van der Waals surface area contributed by atoms with Gasteiger partial charge in [0.1, 0.15) is 5.75 Å². The smallest absolute Gasteiger partial charge is 0.341 e. The number of aryl methyl sites for hydroxylation is 1. The summed E-state index contributed by atoms with van der Waals surface area (Å²) in [5, 5.41) is 3.09. The largest absolute Gasteiger partial charge is 0.489 e. The molecular formula is C25H34ClN5O5. The zero-order valence-corrected chi connectivity index (χ0v) is 21.8. The van der Waals surface area contributed by atoms with Crippen molar-refractivity contribution in [1.29, 1.82) is 0 Å². The number of benzene rings is 2. The number of hydrogen-bond donors (Lipinski definition) is 4. The topological polar surface area (TPSA) is 121 Å². The molecule has 4 N–H and O–H groups in total. The van der Waals surface area contributed by atoms with Crippen LogP contribution in [0.4, 0.5) is 15.3 Å². The van der Waals surface area contributed by atoms with Gasteiger partial charge in [0.05, 0.1) is 29.8 Å². The highest BCUT2D eigenvalue weighted by atomic mass is 35.5. The molecule has 0 radical (unpaired) electrons. The molecule has 0 saturated carbocycles. The Morgan fingerprint density at radius 3 is 2.42 bits per heavy atom. The molecule has 0 bridgehead atoms. The van der Waals surface area contributed by atoms with Crippen LogP contribution in [0.1, 0.15) is 44.7 Å². The number of nitrogens with one attached hydrogen (secondary N) is 4. The summed E-state index contributed by atoms with van der Waals surface area (Å²) in [5.41, 5.74) is 10.2. The number of nitrogens with zero attached hydrogens (tertiary/aromatic N) is 1. The van der Waals surface area contributed by atoms with Crippen molar-refractivity contribution in [3.05, 3.63) is 58.6 Å². The predicted octanol–water partition coefficient (Wildman–Crippen LogP) is 4.53. The lowest BCUT2D eigenvalue weighted by atomic mass is 10.1. The Hall–Kier alpha value is -3.50. The second-order valence-electron chi connectivity index (χ2n) is 8.01. The fourth-order valence-corrected chi connectivity index (χ4v) is 3.13. The molecule has 0 saturated heterocycles. The van der Waals surface area contributed by atoms with E-state index in [1.54, 1.807) is 25.1 Å². The van der Waals surface area contributed by atoms with Gasteiger partial charge in [-0.25, -0.2) is 14.5 Å². The molecule has 2 aromatic rings. The maximum atomic E-state index is 12.7. The molecule has 10 nitrogen and oxygen atoms in total. The third-order valence-corrected chi connectivity index (χ3v) is 5.41. The van der Waals surface area contributed by atoms with Crippen molar-refractivity contribution in [3.63, 3.8) is 0 Å². The average molecular weight is 520 g/mol. The van der Waals surface area contributed by atoms with Crippen molar-refractivity contribution in [1.82, 2.24) is 21.2 Å². The number of anilines is 1. The van der Waals surface area contributed by atoms with E-state index in [4.69, 9.17) is 21.1 Å². The number of hydrogen-bond acceptors (Lipinski definition) is 7. The van der Waals surface area contributed by atoms with Gasteiger partial charge in [-0.3, -0.25) is 10.2 Å². The van der Waals surface area contributed by atoms with Crippen LogP contribution in [0, 0.1) is 6.92 Å². The Balaban J connectivity index is 1.95. The lowest BCUT2D eigenvalue weighted by molar-refractivity contribution is -0.143. The van der Waals surface area contributed by atoms with Gasteiger partial charge in [0.15, 0.2) is 0 Å². The van der Waals surface area contributed by atoms with Gasteiger partial charge >= 0.3 is 18.0 Å². The fraction of sp³-hybridized carbons (Fsp3) is 0.400. The minimum Gasteiger partial charge on any atom is -0.489 e. The molecule has 0 spiro atoms. The zero-order valence-electron chi connectivity index (χ0n) is 21.0. The lowest BCUT2D eigenvalue weighted by Crippen LogP contribution is -2.53. The van der Waals surface area contributed by atoms with E-state index in [-0.39, 0.29) is 32.2 Å². The molecule has 36 heavy (non-hydrogen) atoms. The van der Waals surface area contributed by atoms with Gasteiger partial charge in [0.2, 0.25) is 0 Å². The van der Waals surface area contributed by atoms with Gasteiger partial charge in [0, 0.05) is 13.1 Å². The molecule has 0 aliphatic rings. The third kappa shape index (κ3) is 9.63. The number of ether oxygens (including phenoxy) is 2. The second kappa shape index (κ2) is 14.8. The molecular weight excluding hydrogens is 486 g/mol. The number of hydrazine groups is 2. The number of carbonyl (C=O) groups is 3. The molecule has 4 amide bonds. The normalized spacial score (nSPS) is 11.2. The van der Waals surface area contributed by atoms with Crippen LogP contribution in [-0.2, 0) is 16.1 Å². The Morgan fingerprint density at radius 1 is 1.06 bits per heavy atom. The minimum absolute atomic E-state index is 0.0245. The van der Waals surface area contributed by atoms with Crippen LogP contribution < -0.4 is 26.4 Å². The maximum Gasteiger partial charge on any atom is 0.341 e. The second-order valence-corrected chi connectivity index (χ2v) is 8.42. The van der Waals surface area contributed by atoms with Gasteiger partial charge in [-0.05, 0) is 51.0 Å². The van der Waals surface area contributed by atoms with E-state index >= 15 is 0 Å². The third-order valence-electron chi connectivity index (χ3n) is 5.11. The summed E-state index contributed by atoms with van der Waals surface area (Å²) in [5.74, 6) is 0.0399. The summed E-state index contributed by atoms with van der Waals surface area (Å²) in [4.78, 5) is 38.1. The van der Waals surface area contributed by atoms with E-state index in [9.17, 15) is 14.4 Å². The van der Waals surface area contributed by atoms with Crippen molar-refractivity contribution >= 4 is 35.3 Å². The van der Waals surface area contributed by atoms with E-state index in [1.807, 2.05) is 45.0 Å². The quantitative estimate of drug-likeness (QED) is 0.240. The number of amides is 4. The first-order chi connectivity index (χ1) is 17.2. The van der Waals surface area contributed by atoms with Crippen molar-refractivity contribution in [2.24, 2.45) is 0 Å². The van der Waals surface area contributed by atoms with E-state index in [0.29, 0.717) is 16.5 Å². The highest BCUT2D eigenvalue weighted by Gasteiger charge is 2.22. The van der Waals surface area contributed by atoms with Crippen molar-refractivity contribution in [2.75, 3.05) is 18.6 Å². The number of urea groups is 2. The van der Waals surface area contributed by atoms with Gasteiger partial charge in [-0.15, -0.1) is 5.53 Å². The van der Waals surface area contributed by atoms with E-state index in [2.05, 4.69) is 21.7 Å². The van der Waals surface area contributed by atoms with E-state index < -0.39 is 18.0 Å². The molecule has 2 rings (SSSR count). The average Bonchev–Trinajstić information content (AvgIpc) is 2.85. The number of halogens is 1. The Bertz CT molecular complexity index is 1020.